The molecule has 28 heavy (non-hydrogen) atoms. The lowest BCUT2D eigenvalue weighted by molar-refractivity contribution is 0.0982. The Morgan fingerprint density at radius 1 is 1.11 bits per heavy atom. The molecule has 0 bridgehead atoms. The largest absolute Gasteiger partial charge is 0.307 e. The summed E-state index contributed by atoms with van der Waals surface area (Å²) in [5, 5.41) is 5.62. The van der Waals surface area contributed by atoms with Gasteiger partial charge in [-0.25, -0.2) is 4.68 Å². The van der Waals surface area contributed by atoms with Crippen LogP contribution in [0.1, 0.15) is 42.4 Å². The van der Waals surface area contributed by atoms with E-state index in [4.69, 9.17) is 0 Å². The Labute approximate surface area is 165 Å². The molecule has 1 heterocycles. The minimum Gasteiger partial charge on any atom is -0.307 e. The summed E-state index contributed by atoms with van der Waals surface area (Å²) >= 11 is 0. The number of aromatic nitrogens is 2. The third-order valence-electron chi connectivity index (χ3n) is 4.83. The fraction of sp³-hybridized carbons (Fsp3) is 0.348. The highest BCUT2D eigenvalue weighted by molar-refractivity contribution is 6.12. The van der Waals surface area contributed by atoms with Crippen molar-refractivity contribution >= 4 is 22.4 Å². The van der Waals surface area contributed by atoms with Crippen molar-refractivity contribution in [2.24, 2.45) is 5.92 Å². The van der Waals surface area contributed by atoms with Gasteiger partial charge in [-0.2, -0.15) is 5.10 Å². The molecule has 3 aromatic rings. The molecule has 0 aliphatic rings. The molecule has 0 fully saturated rings. The standard InChI is InChI=1S/C23H27N3O2/c1-6-25(20-13-16(4)11-12-17(20)5)23(28)21-18-9-7-8-10-19(18)22(27)26(24-21)14-15(2)3/h7-13,15H,6,14H2,1-5H3. The summed E-state index contributed by atoms with van der Waals surface area (Å²) in [5.41, 5.74) is 3.16. The van der Waals surface area contributed by atoms with Gasteiger partial charge in [-0.1, -0.05) is 44.2 Å². The number of carbonyl (C=O) groups is 1. The maximum absolute atomic E-state index is 13.6. The van der Waals surface area contributed by atoms with E-state index in [0.717, 1.165) is 16.8 Å². The zero-order valence-corrected chi connectivity index (χ0v) is 17.2. The number of benzene rings is 2. The van der Waals surface area contributed by atoms with E-state index in [1.54, 1.807) is 17.0 Å². The van der Waals surface area contributed by atoms with E-state index in [1.165, 1.54) is 4.68 Å². The Balaban J connectivity index is 2.21. The average molecular weight is 377 g/mol. The summed E-state index contributed by atoms with van der Waals surface area (Å²) in [7, 11) is 0. The number of hydrogen-bond acceptors (Lipinski definition) is 3. The summed E-state index contributed by atoms with van der Waals surface area (Å²) in [4.78, 5) is 28.1. The predicted molar refractivity (Wildman–Crippen MR) is 114 cm³/mol. The maximum Gasteiger partial charge on any atom is 0.279 e. The SMILES string of the molecule is CCN(C(=O)c1nn(CC(C)C)c(=O)c2ccccc12)c1cc(C)ccc1C. The molecule has 1 amide bonds. The second kappa shape index (κ2) is 7.97. The number of amides is 1. The zero-order chi connectivity index (χ0) is 20.4. The first-order valence-electron chi connectivity index (χ1n) is 9.72. The fourth-order valence-corrected chi connectivity index (χ4v) is 3.42. The molecule has 0 N–H and O–H groups in total. The van der Waals surface area contributed by atoms with Crippen LogP contribution in [0.15, 0.2) is 47.3 Å². The van der Waals surface area contributed by atoms with Crippen molar-refractivity contribution in [2.75, 3.05) is 11.4 Å². The third-order valence-corrected chi connectivity index (χ3v) is 4.83. The molecule has 0 unspecified atom stereocenters. The molecule has 0 radical (unpaired) electrons. The van der Waals surface area contributed by atoms with E-state index < -0.39 is 0 Å². The van der Waals surface area contributed by atoms with Crippen LogP contribution in [0.3, 0.4) is 0 Å². The van der Waals surface area contributed by atoms with Crippen molar-refractivity contribution in [3.63, 3.8) is 0 Å². The first-order chi connectivity index (χ1) is 13.3. The van der Waals surface area contributed by atoms with Crippen LogP contribution < -0.4 is 10.5 Å². The number of carbonyl (C=O) groups excluding carboxylic acids is 1. The molecule has 2 aromatic carbocycles. The van der Waals surface area contributed by atoms with Crippen LogP contribution in [0.5, 0.6) is 0 Å². The molecular weight excluding hydrogens is 350 g/mol. The summed E-state index contributed by atoms with van der Waals surface area (Å²) in [6, 6.07) is 13.3. The van der Waals surface area contributed by atoms with Gasteiger partial charge in [-0.3, -0.25) is 9.59 Å². The molecule has 0 saturated carbocycles. The quantitative estimate of drug-likeness (QED) is 0.665. The summed E-state index contributed by atoms with van der Waals surface area (Å²) in [6.07, 6.45) is 0. The van der Waals surface area contributed by atoms with Crippen LogP contribution in [-0.4, -0.2) is 22.2 Å². The van der Waals surface area contributed by atoms with Crippen LogP contribution in [0.4, 0.5) is 5.69 Å². The van der Waals surface area contributed by atoms with E-state index in [2.05, 4.69) is 5.10 Å². The molecule has 0 atom stereocenters. The number of hydrogen-bond donors (Lipinski definition) is 0. The van der Waals surface area contributed by atoms with Gasteiger partial charge < -0.3 is 4.90 Å². The predicted octanol–water partition coefficient (Wildman–Crippen LogP) is 4.34. The Morgan fingerprint density at radius 2 is 1.79 bits per heavy atom. The van der Waals surface area contributed by atoms with Crippen LogP contribution in [0.2, 0.25) is 0 Å². The number of anilines is 1. The number of nitrogens with zero attached hydrogens (tertiary/aromatic N) is 3. The minimum atomic E-state index is -0.190. The molecule has 0 aliphatic heterocycles. The lowest BCUT2D eigenvalue weighted by Crippen LogP contribution is -2.35. The first kappa shape index (κ1) is 19.8. The van der Waals surface area contributed by atoms with Gasteiger partial charge >= 0.3 is 0 Å². The lowest BCUT2D eigenvalue weighted by atomic mass is 10.1. The van der Waals surface area contributed by atoms with Gasteiger partial charge in [0.25, 0.3) is 11.5 Å². The molecule has 5 nitrogen and oxygen atoms in total. The maximum atomic E-state index is 13.6. The molecular formula is C23H27N3O2. The van der Waals surface area contributed by atoms with Gasteiger partial charge in [0.2, 0.25) is 0 Å². The van der Waals surface area contributed by atoms with Gasteiger partial charge in [-0.15, -0.1) is 0 Å². The van der Waals surface area contributed by atoms with E-state index >= 15 is 0 Å². The summed E-state index contributed by atoms with van der Waals surface area (Å²) < 4.78 is 1.43. The van der Waals surface area contributed by atoms with Crippen LogP contribution >= 0.6 is 0 Å². The van der Waals surface area contributed by atoms with Gasteiger partial charge in [0.05, 0.1) is 5.39 Å². The molecule has 0 spiro atoms. The molecule has 3 rings (SSSR count). The van der Waals surface area contributed by atoms with Crippen molar-refractivity contribution in [1.29, 1.82) is 0 Å². The lowest BCUT2D eigenvalue weighted by Gasteiger charge is -2.24. The average Bonchev–Trinajstić information content (AvgIpc) is 2.67. The Bertz CT molecular complexity index is 1080. The summed E-state index contributed by atoms with van der Waals surface area (Å²) in [5.74, 6) is 0.0560. The third kappa shape index (κ3) is 3.70. The Hall–Kier alpha value is -2.95. The van der Waals surface area contributed by atoms with Crippen molar-refractivity contribution < 1.29 is 4.79 Å². The smallest absolute Gasteiger partial charge is 0.279 e. The normalized spacial score (nSPS) is 11.2. The van der Waals surface area contributed by atoms with Crippen LogP contribution in [-0.2, 0) is 6.54 Å². The highest BCUT2D eigenvalue weighted by Crippen LogP contribution is 2.24. The van der Waals surface area contributed by atoms with Gasteiger partial charge in [-0.05, 0) is 49.9 Å². The Kier molecular flexibility index (Phi) is 5.63. The molecule has 1 aromatic heterocycles. The van der Waals surface area contributed by atoms with Gasteiger partial charge in [0, 0.05) is 24.2 Å². The number of fused-ring (bicyclic) bond motifs is 1. The van der Waals surface area contributed by atoms with Gasteiger partial charge in [0.1, 0.15) is 0 Å². The van der Waals surface area contributed by atoms with E-state index in [-0.39, 0.29) is 17.4 Å². The zero-order valence-electron chi connectivity index (χ0n) is 17.2. The van der Waals surface area contributed by atoms with Crippen molar-refractivity contribution in [3.8, 4) is 0 Å². The monoisotopic (exact) mass is 377 g/mol. The highest BCUT2D eigenvalue weighted by atomic mass is 16.2. The van der Waals surface area contributed by atoms with Crippen LogP contribution in [0.25, 0.3) is 10.8 Å². The second-order valence-corrected chi connectivity index (χ2v) is 7.61. The van der Waals surface area contributed by atoms with Crippen molar-refractivity contribution in [3.05, 3.63) is 69.6 Å². The molecule has 5 heteroatoms. The van der Waals surface area contributed by atoms with E-state index in [9.17, 15) is 9.59 Å². The second-order valence-electron chi connectivity index (χ2n) is 7.61. The number of rotatable bonds is 5. The summed E-state index contributed by atoms with van der Waals surface area (Å²) in [6.45, 7) is 11.0. The molecule has 146 valence electrons. The van der Waals surface area contributed by atoms with Crippen molar-refractivity contribution in [2.45, 2.75) is 41.2 Å². The molecule has 0 aliphatic carbocycles. The van der Waals surface area contributed by atoms with E-state index in [0.29, 0.717) is 29.6 Å². The first-order valence-corrected chi connectivity index (χ1v) is 9.72. The van der Waals surface area contributed by atoms with Gasteiger partial charge in [0.15, 0.2) is 5.69 Å². The Morgan fingerprint density at radius 3 is 2.43 bits per heavy atom. The highest BCUT2D eigenvalue weighted by Gasteiger charge is 2.23. The molecule has 0 saturated heterocycles. The topological polar surface area (TPSA) is 55.2 Å². The van der Waals surface area contributed by atoms with Crippen molar-refractivity contribution in [1.82, 2.24) is 9.78 Å². The fourth-order valence-electron chi connectivity index (χ4n) is 3.42. The van der Waals surface area contributed by atoms with E-state index in [1.807, 2.05) is 65.0 Å². The van der Waals surface area contributed by atoms with Crippen LogP contribution in [0, 0.1) is 19.8 Å². The minimum absolute atomic E-state index is 0.157. The number of aryl methyl sites for hydroxylation is 2.